The van der Waals surface area contributed by atoms with Crippen LogP contribution in [0.15, 0.2) is 18.2 Å². The topological polar surface area (TPSA) is 116 Å². The van der Waals surface area contributed by atoms with Crippen LogP contribution in [0.1, 0.15) is 32.3 Å². The zero-order valence-corrected chi connectivity index (χ0v) is 17.6. The van der Waals surface area contributed by atoms with Gasteiger partial charge in [0.05, 0.1) is 6.04 Å². The van der Waals surface area contributed by atoms with E-state index in [2.05, 4.69) is 5.32 Å². The average Bonchev–Trinajstić information content (AvgIpc) is 2.92. The lowest BCUT2D eigenvalue weighted by molar-refractivity contribution is -0.143. The standard InChI is InChI=1S/C19H24Cl2N2O6/c1-10(2)3-15(17(24)25)22-16(18(26)27)7-14-9-29-19(28)23(14)8-11-4-12(20)6-13(21)5-11/h4-6,10,14-16,22H,3,7-9H2,1-2H3,(H,24,25)(H,26,27)/t14?,15-,16-/m0/s1. The predicted octanol–water partition coefficient (Wildman–Crippen LogP) is 3.25. The van der Waals surface area contributed by atoms with Crippen LogP contribution in [-0.2, 0) is 20.9 Å². The minimum atomic E-state index is -1.19. The number of hydrogen-bond donors (Lipinski definition) is 3. The van der Waals surface area contributed by atoms with Crippen molar-refractivity contribution in [3.63, 3.8) is 0 Å². The highest BCUT2D eigenvalue weighted by molar-refractivity contribution is 6.34. The Bertz CT molecular complexity index is 753. The van der Waals surface area contributed by atoms with E-state index >= 15 is 0 Å². The van der Waals surface area contributed by atoms with E-state index in [9.17, 15) is 24.6 Å². The van der Waals surface area contributed by atoms with Crippen LogP contribution in [0.5, 0.6) is 0 Å². The van der Waals surface area contributed by atoms with Gasteiger partial charge in [-0.05, 0) is 42.5 Å². The number of ether oxygens (including phenoxy) is 1. The van der Waals surface area contributed by atoms with Crippen LogP contribution in [0.3, 0.4) is 0 Å². The number of carbonyl (C=O) groups excluding carboxylic acids is 1. The number of halogens is 2. The number of nitrogens with one attached hydrogen (secondary N) is 1. The Morgan fingerprint density at radius 2 is 1.76 bits per heavy atom. The SMILES string of the molecule is CC(C)C[C@H](N[C@@H](CC1COC(=O)N1Cc1cc(Cl)cc(Cl)c1)C(=O)O)C(=O)O. The summed E-state index contributed by atoms with van der Waals surface area (Å²) in [6.07, 6.45) is -0.298. The Morgan fingerprint density at radius 3 is 2.28 bits per heavy atom. The molecule has 160 valence electrons. The third kappa shape index (κ3) is 6.76. The molecule has 2 rings (SSSR count). The summed E-state index contributed by atoms with van der Waals surface area (Å²) < 4.78 is 5.09. The summed E-state index contributed by atoms with van der Waals surface area (Å²) in [5, 5.41) is 22.5. The van der Waals surface area contributed by atoms with E-state index in [0.29, 0.717) is 15.6 Å². The number of nitrogens with zero attached hydrogens (tertiary/aromatic N) is 1. The highest BCUT2D eigenvalue weighted by Crippen LogP contribution is 2.24. The van der Waals surface area contributed by atoms with Crippen molar-refractivity contribution in [3.8, 4) is 0 Å². The number of benzene rings is 1. The Kier molecular flexibility index (Phi) is 8.13. The third-order valence-electron chi connectivity index (χ3n) is 4.56. The lowest BCUT2D eigenvalue weighted by Crippen LogP contribution is -2.50. The zero-order valence-electron chi connectivity index (χ0n) is 16.1. The molecule has 1 amide bonds. The van der Waals surface area contributed by atoms with E-state index in [0.717, 1.165) is 0 Å². The highest BCUT2D eigenvalue weighted by Gasteiger charge is 2.37. The van der Waals surface area contributed by atoms with Crippen LogP contribution >= 0.6 is 23.2 Å². The third-order valence-corrected chi connectivity index (χ3v) is 5.00. The molecule has 1 aromatic carbocycles. The molecule has 0 radical (unpaired) electrons. The molecular formula is C19H24Cl2N2O6. The first-order chi connectivity index (χ1) is 13.6. The van der Waals surface area contributed by atoms with Gasteiger partial charge in [0, 0.05) is 16.6 Å². The minimum Gasteiger partial charge on any atom is -0.480 e. The van der Waals surface area contributed by atoms with Gasteiger partial charge in [0.25, 0.3) is 0 Å². The molecule has 3 N–H and O–H groups in total. The van der Waals surface area contributed by atoms with E-state index in [-0.39, 0.29) is 31.9 Å². The van der Waals surface area contributed by atoms with Crippen molar-refractivity contribution in [3.05, 3.63) is 33.8 Å². The van der Waals surface area contributed by atoms with Crippen molar-refractivity contribution in [1.29, 1.82) is 0 Å². The molecule has 1 unspecified atom stereocenters. The fraction of sp³-hybridized carbons (Fsp3) is 0.526. The maximum atomic E-state index is 12.2. The Morgan fingerprint density at radius 1 is 1.17 bits per heavy atom. The van der Waals surface area contributed by atoms with E-state index < -0.39 is 36.2 Å². The molecule has 0 aromatic heterocycles. The summed E-state index contributed by atoms with van der Waals surface area (Å²) in [7, 11) is 0. The van der Waals surface area contributed by atoms with Crippen LogP contribution in [0, 0.1) is 5.92 Å². The molecule has 1 aromatic rings. The molecule has 1 aliphatic heterocycles. The molecule has 1 heterocycles. The number of rotatable bonds is 10. The molecule has 1 saturated heterocycles. The second-order valence-electron chi connectivity index (χ2n) is 7.45. The summed E-state index contributed by atoms with van der Waals surface area (Å²) in [4.78, 5) is 36.8. The maximum Gasteiger partial charge on any atom is 0.410 e. The van der Waals surface area contributed by atoms with Gasteiger partial charge in [0.15, 0.2) is 0 Å². The smallest absolute Gasteiger partial charge is 0.410 e. The number of carboxylic acid groups (broad SMARTS) is 2. The first-order valence-electron chi connectivity index (χ1n) is 9.16. The Hall–Kier alpha value is -2.03. The van der Waals surface area contributed by atoms with Crippen LogP contribution in [-0.4, -0.2) is 57.9 Å². The van der Waals surface area contributed by atoms with Gasteiger partial charge in [0.1, 0.15) is 18.7 Å². The van der Waals surface area contributed by atoms with Gasteiger partial charge in [-0.3, -0.25) is 19.8 Å². The fourth-order valence-corrected chi connectivity index (χ4v) is 3.82. The van der Waals surface area contributed by atoms with Gasteiger partial charge < -0.3 is 14.9 Å². The number of aliphatic carboxylic acids is 2. The van der Waals surface area contributed by atoms with Gasteiger partial charge in [-0.15, -0.1) is 0 Å². The van der Waals surface area contributed by atoms with Crippen LogP contribution in [0.2, 0.25) is 10.0 Å². The van der Waals surface area contributed by atoms with Gasteiger partial charge >= 0.3 is 18.0 Å². The van der Waals surface area contributed by atoms with Crippen LogP contribution in [0.25, 0.3) is 0 Å². The fourth-order valence-electron chi connectivity index (χ4n) is 3.24. The monoisotopic (exact) mass is 446 g/mol. The molecule has 8 nitrogen and oxygen atoms in total. The average molecular weight is 447 g/mol. The molecule has 1 fully saturated rings. The molecular weight excluding hydrogens is 423 g/mol. The minimum absolute atomic E-state index is 0.00273. The molecule has 0 bridgehead atoms. The first-order valence-corrected chi connectivity index (χ1v) is 9.92. The first kappa shape index (κ1) is 23.3. The normalized spacial score (nSPS) is 18.6. The van der Waals surface area contributed by atoms with Gasteiger partial charge in [-0.25, -0.2) is 4.79 Å². The van der Waals surface area contributed by atoms with Gasteiger partial charge in [-0.2, -0.15) is 0 Å². The van der Waals surface area contributed by atoms with Crippen LogP contribution in [0.4, 0.5) is 4.79 Å². The van der Waals surface area contributed by atoms with E-state index in [4.69, 9.17) is 27.9 Å². The molecule has 0 saturated carbocycles. The van der Waals surface area contributed by atoms with Crippen molar-refractivity contribution in [2.45, 2.75) is 51.4 Å². The molecule has 3 atom stereocenters. The second kappa shape index (κ2) is 10.1. The van der Waals surface area contributed by atoms with Gasteiger partial charge in [-0.1, -0.05) is 37.0 Å². The number of carboxylic acids is 2. The number of cyclic esters (lactones) is 1. The summed E-state index contributed by atoms with van der Waals surface area (Å²) in [6.45, 7) is 3.87. The molecule has 1 aliphatic rings. The molecule has 0 aliphatic carbocycles. The van der Waals surface area contributed by atoms with E-state index in [1.165, 1.54) is 4.90 Å². The maximum absolute atomic E-state index is 12.2. The Labute approximate surface area is 178 Å². The van der Waals surface area contributed by atoms with E-state index in [1.54, 1.807) is 18.2 Å². The van der Waals surface area contributed by atoms with Crippen molar-refractivity contribution in [1.82, 2.24) is 10.2 Å². The quantitative estimate of drug-likeness (QED) is 0.504. The molecule has 29 heavy (non-hydrogen) atoms. The van der Waals surface area contributed by atoms with Crippen molar-refractivity contribution >= 4 is 41.2 Å². The van der Waals surface area contributed by atoms with Gasteiger partial charge in [0.2, 0.25) is 0 Å². The highest BCUT2D eigenvalue weighted by atomic mass is 35.5. The van der Waals surface area contributed by atoms with Crippen molar-refractivity contribution in [2.75, 3.05) is 6.61 Å². The van der Waals surface area contributed by atoms with Crippen molar-refractivity contribution in [2.24, 2.45) is 5.92 Å². The lowest BCUT2D eigenvalue weighted by atomic mass is 10.0. The zero-order chi connectivity index (χ0) is 21.7. The second-order valence-corrected chi connectivity index (χ2v) is 8.32. The number of amides is 1. The largest absolute Gasteiger partial charge is 0.480 e. The Balaban J connectivity index is 2.13. The van der Waals surface area contributed by atoms with Crippen LogP contribution < -0.4 is 5.32 Å². The number of hydrogen-bond acceptors (Lipinski definition) is 5. The summed E-state index contributed by atoms with van der Waals surface area (Å²) in [5.74, 6) is -2.24. The molecule has 0 spiro atoms. The predicted molar refractivity (Wildman–Crippen MR) is 107 cm³/mol. The van der Waals surface area contributed by atoms with E-state index in [1.807, 2.05) is 13.8 Å². The summed E-state index contributed by atoms with van der Waals surface area (Å²) >= 11 is 12.0. The summed E-state index contributed by atoms with van der Waals surface area (Å²) in [6, 6.07) is 2.19. The number of carbonyl (C=O) groups is 3. The molecule has 10 heteroatoms. The summed E-state index contributed by atoms with van der Waals surface area (Å²) in [5.41, 5.74) is 0.675. The van der Waals surface area contributed by atoms with Crippen molar-refractivity contribution < 1.29 is 29.3 Å². The lowest BCUT2D eigenvalue weighted by Gasteiger charge is -2.27.